The molecule has 0 aromatic rings. The molecule has 0 aliphatic rings. The number of carbonyl (C=O) groups excluding carboxylic acids is 5. The van der Waals surface area contributed by atoms with Crippen LogP contribution in [-0.4, -0.2) is 107 Å². The standard InChI is InChI=1S/C37H67N7O9S/c1-8-24(6)31(44-32(47)25(23(4)5)15-16-30(45)46)36(51)41-27(14-10-12-19-39)33(48)40-26(13-9-11-18-38)34(49)43-29(21-22(2)3)35(50)42-28(37(52)53)17-20-54-7/h22,24-29,31H,4,8-21,38-39H2,1-3,5-7H3,(H,40,48)(H,41,51)(H,42,50)(H,43,49)(H,44,47)(H,45,46)(H,52,53). The first-order valence-electron chi connectivity index (χ1n) is 18.9. The zero-order chi connectivity index (χ0) is 41.4. The molecule has 7 atom stereocenters. The minimum atomic E-state index is -1.19. The molecule has 54 heavy (non-hydrogen) atoms. The summed E-state index contributed by atoms with van der Waals surface area (Å²) in [5.41, 5.74) is 11.8. The maximum Gasteiger partial charge on any atom is 0.326 e. The van der Waals surface area contributed by atoms with Crippen molar-refractivity contribution in [3.05, 3.63) is 12.2 Å². The van der Waals surface area contributed by atoms with Crippen molar-refractivity contribution >= 4 is 53.2 Å². The summed E-state index contributed by atoms with van der Waals surface area (Å²) in [4.78, 5) is 91.1. The molecule has 16 nitrogen and oxygen atoms in total. The monoisotopic (exact) mass is 785 g/mol. The molecule has 0 rings (SSSR count). The second kappa shape index (κ2) is 27.8. The van der Waals surface area contributed by atoms with E-state index in [2.05, 4.69) is 33.2 Å². The van der Waals surface area contributed by atoms with E-state index in [0.717, 1.165) is 0 Å². The molecule has 17 heteroatoms. The van der Waals surface area contributed by atoms with Crippen molar-refractivity contribution in [1.82, 2.24) is 26.6 Å². The fourth-order valence-corrected chi connectivity index (χ4v) is 6.09. The number of nitrogens with one attached hydrogen (secondary N) is 5. The Labute approximate surface area is 324 Å². The predicted molar refractivity (Wildman–Crippen MR) is 210 cm³/mol. The van der Waals surface area contributed by atoms with Gasteiger partial charge in [-0.3, -0.25) is 28.8 Å². The Morgan fingerprint density at radius 1 is 0.667 bits per heavy atom. The lowest BCUT2D eigenvalue weighted by Crippen LogP contribution is -2.59. The SMILES string of the molecule is C=C(C)C(CCC(=O)O)C(=O)NC(C(=O)NC(CCCCN)C(=O)NC(CCCCN)C(=O)NC(CC(C)C)C(=O)NC(CCSC)C(=O)O)C(C)CC. The molecular weight excluding hydrogens is 719 g/mol. The van der Waals surface area contributed by atoms with E-state index in [0.29, 0.717) is 56.5 Å². The van der Waals surface area contributed by atoms with Gasteiger partial charge in [-0.25, -0.2) is 4.79 Å². The van der Waals surface area contributed by atoms with Crippen molar-refractivity contribution in [2.45, 2.75) is 135 Å². The van der Waals surface area contributed by atoms with Gasteiger partial charge in [0.1, 0.15) is 30.2 Å². The van der Waals surface area contributed by atoms with E-state index in [-0.39, 0.29) is 50.4 Å². The van der Waals surface area contributed by atoms with Crippen LogP contribution in [0.5, 0.6) is 0 Å². The Morgan fingerprint density at radius 3 is 1.57 bits per heavy atom. The van der Waals surface area contributed by atoms with E-state index in [4.69, 9.17) is 16.6 Å². The van der Waals surface area contributed by atoms with Gasteiger partial charge in [-0.1, -0.05) is 46.3 Å². The summed E-state index contributed by atoms with van der Waals surface area (Å²) < 4.78 is 0. The highest BCUT2D eigenvalue weighted by atomic mass is 32.2. The second-order valence-corrected chi connectivity index (χ2v) is 15.3. The Kier molecular flexibility index (Phi) is 25.9. The second-order valence-electron chi connectivity index (χ2n) is 14.3. The summed E-state index contributed by atoms with van der Waals surface area (Å²) in [6.45, 7) is 13.4. The summed E-state index contributed by atoms with van der Waals surface area (Å²) in [7, 11) is 0. The number of carboxylic acid groups (broad SMARTS) is 2. The first-order valence-corrected chi connectivity index (χ1v) is 20.3. The highest BCUT2D eigenvalue weighted by molar-refractivity contribution is 7.98. The number of unbranched alkanes of at least 4 members (excludes halogenated alkanes) is 2. The minimum absolute atomic E-state index is 0.000909. The average molecular weight is 786 g/mol. The third kappa shape index (κ3) is 20.1. The molecule has 5 amide bonds. The van der Waals surface area contributed by atoms with Crippen LogP contribution in [0.3, 0.4) is 0 Å². The number of amides is 5. The molecule has 7 unspecified atom stereocenters. The lowest BCUT2D eigenvalue weighted by Gasteiger charge is -2.29. The molecule has 310 valence electrons. The molecule has 0 aliphatic heterocycles. The summed E-state index contributed by atoms with van der Waals surface area (Å²) in [6, 6.07) is -5.54. The summed E-state index contributed by atoms with van der Waals surface area (Å²) in [5.74, 6) is -6.16. The van der Waals surface area contributed by atoms with Gasteiger partial charge in [0.05, 0.1) is 5.92 Å². The number of hydrogen-bond acceptors (Lipinski definition) is 10. The van der Waals surface area contributed by atoms with Crippen LogP contribution in [0.4, 0.5) is 0 Å². The van der Waals surface area contributed by atoms with Crippen molar-refractivity contribution in [2.24, 2.45) is 29.2 Å². The lowest BCUT2D eigenvalue weighted by atomic mass is 9.92. The van der Waals surface area contributed by atoms with E-state index < -0.39 is 77.6 Å². The lowest BCUT2D eigenvalue weighted by molar-refractivity contribution is -0.142. The smallest absolute Gasteiger partial charge is 0.326 e. The van der Waals surface area contributed by atoms with E-state index in [1.807, 2.05) is 27.0 Å². The van der Waals surface area contributed by atoms with Crippen molar-refractivity contribution in [2.75, 3.05) is 25.1 Å². The van der Waals surface area contributed by atoms with Gasteiger partial charge in [0.2, 0.25) is 29.5 Å². The van der Waals surface area contributed by atoms with Crippen LogP contribution in [0.25, 0.3) is 0 Å². The van der Waals surface area contributed by atoms with Crippen molar-refractivity contribution in [1.29, 1.82) is 0 Å². The van der Waals surface area contributed by atoms with Gasteiger partial charge in [-0.2, -0.15) is 11.8 Å². The minimum Gasteiger partial charge on any atom is -0.481 e. The summed E-state index contributed by atoms with van der Waals surface area (Å²) in [6.07, 6.45) is 4.83. The van der Waals surface area contributed by atoms with Gasteiger partial charge in [0.25, 0.3) is 0 Å². The third-order valence-corrected chi connectivity index (χ3v) is 9.72. The van der Waals surface area contributed by atoms with Crippen molar-refractivity contribution < 1.29 is 43.8 Å². The van der Waals surface area contributed by atoms with Gasteiger partial charge < -0.3 is 48.3 Å². The molecule has 0 fully saturated rings. The number of aliphatic carboxylic acids is 2. The summed E-state index contributed by atoms with van der Waals surface area (Å²) >= 11 is 1.44. The molecule has 0 spiro atoms. The molecule has 11 N–H and O–H groups in total. The fraction of sp³-hybridized carbons (Fsp3) is 0.757. The van der Waals surface area contributed by atoms with E-state index >= 15 is 0 Å². The fourth-order valence-electron chi connectivity index (χ4n) is 5.62. The van der Waals surface area contributed by atoms with Gasteiger partial charge >= 0.3 is 11.9 Å². The van der Waals surface area contributed by atoms with E-state index in [9.17, 15) is 38.7 Å². The molecule has 0 aromatic heterocycles. The quantitative estimate of drug-likeness (QED) is 0.0372. The van der Waals surface area contributed by atoms with Gasteiger partial charge in [-0.15, -0.1) is 0 Å². The summed E-state index contributed by atoms with van der Waals surface area (Å²) in [5, 5.41) is 32.3. The van der Waals surface area contributed by atoms with Gasteiger partial charge in [0, 0.05) is 6.42 Å². The average Bonchev–Trinajstić information content (AvgIpc) is 3.10. The van der Waals surface area contributed by atoms with Gasteiger partial charge in [0.15, 0.2) is 0 Å². The molecule has 0 bridgehead atoms. The normalized spacial score (nSPS) is 15.1. The third-order valence-electron chi connectivity index (χ3n) is 9.08. The molecule has 0 saturated carbocycles. The maximum atomic E-state index is 13.9. The Hall–Kier alpha value is -3.70. The van der Waals surface area contributed by atoms with Crippen LogP contribution in [0.2, 0.25) is 0 Å². The van der Waals surface area contributed by atoms with Crippen LogP contribution in [-0.2, 0) is 33.6 Å². The maximum absolute atomic E-state index is 13.9. The van der Waals surface area contributed by atoms with E-state index in [1.165, 1.54) is 11.8 Å². The zero-order valence-electron chi connectivity index (χ0n) is 33.0. The first kappa shape index (κ1) is 50.3. The molecule has 0 radical (unpaired) electrons. The number of carboxylic acids is 2. The zero-order valence-corrected chi connectivity index (χ0v) is 33.9. The molecule has 0 saturated heterocycles. The number of rotatable bonds is 30. The largest absolute Gasteiger partial charge is 0.481 e. The molecule has 0 aromatic carbocycles. The highest BCUT2D eigenvalue weighted by Gasteiger charge is 2.34. The van der Waals surface area contributed by atoms with Crippen LogP contribution < -0.4 is 38.1 Å². The Balaban J connectivity index is 6.35. The highest BCUT2D eigenvalue weighted by Crippen LogP contribution is 2.18. The predicted octanol–water partition coefficient (Wildman–Crippen LogP) is 1.66. The number of thioether (sulfide) groups is 1. The first-order chi connectivity index (χ1) is 25.4. The van der Waals surface area contributed by atoms with Gasteiger partial charge in [-0.05, 0) is 102 Å². The topological polar surface area (TPSA) is 272 Å². The van der Waals surface area contributed by atoms with Crippen molar-refractivity contribution in [3.8, 4) is 0 Å². The number of nitrogens with two attached hydrogens (primary N) is 2. The van der Waals surface area contributed by atoms with Crippen LogP contribution in [0.15, 0.2) is 12.2 Å². The number of carbonyl (C=O) groups is 7. The molecular formula is C37H67N7O9S. The Bertz CT molecular complexity index is 1240. The van der Waals surface area contributed by atoms with Crippen LogP contribution >= 0.6 is 11.8 Å². The van der Waals surface area contributed by atoms with Crippen molar-refractivity contribution in [3.63, 3.8) is 0 Å². The molecule has 0 aliphatic carbocycles. The number of hydrogen-bond donors (Lipinski definition) is 9. The van der Waals surface area contributed by atoms with Crippen LogP contribution in [0, 0.1) is 17.8 Å². The Morgan fingerprint density at radius 2 is 1.15 bits per heavy atom. The van der Waals surface area contributed by atoms with E-state index in [1.54, 1.807) is 13.8 Å². The molecule has 0 heterocycles. The van der Waals surface area contributed by atoms with Crippen LogP contribution in [0.1, 0.15) is 105 Å².